The van der Waals surface area contributed by atoms with E-state index in [4.69, 9.17) is 10.00 Å². The minimum atomic E-state index is 0.440. The highest BCUT2D eigenvalue weighted by molar-refractivity contribution is 9.10. The molecule has 0 atom stereocenters. The Bertz CT molecular complexity index is 1580. The number of nitrogens with zero attached hydrogens (tertiary/aromatic N) is 5. The van der Waals surface area contributed by atoms with E-state index in [1.807, 2.05) is 48.7 Å². The van der Waals surface area contributed by atoms with Crippen molar-refractivity contribution in [1.29, 1.82) is 10.5 Å². The highest BCUT2D eigenvalue weighted by Gasteiger charge is 2.11. The van der Waals surface area contributed by atoms with Gasteiger partial charge in [-0.3, -0.25) is 4.98 Å². The molecule has 5 rings (SSSR count). The van der Waals surface area contributed by atoms with Crippen LogP contribution in [0.2, 0.25) is 0 Å². The zero-order chi connectivity index (χ0) is 22.8. The summed E-state index contributed by atoms with van der Waals surface area (Å²) in [5.74, 6) is 1.07. The number of hydrogen-bond acceptors (Lipinski definition) is 5. The third-order valence-corrected chi connectivity index (χ3v) is 5.59. The normalized spacial score (nSPS) is 10.5. The van der Waals surface area contributed by atoms with Gasteiger partial charge in [-0.1, -0.05) is 34.1 Å². The third kappa shape index (κ3) is 4.18. The number of benzene rings is 3. The molecule has 6 nitrogen and oxygen atoms in total. The molecule has 0 radical (unpaired) electrons. The maximum absolute atomic E-state index is 9.74. The van der Waals surface area contributed by atoms with Crippen LogP contribution < -0.4 is 4.74 Å². The van der Waals surface area contributed by atoms with E-state index in [1.54, 1.807) is 41.3 Å². The summed E-state index contributed by atoms with van der Waals surface area (Å²) in [6.07, 6.45) is 5.24. The van der Waals surface area contributed by atoms with E-state index in [0.29, 0.717) is 28.3 Å². The molecule has 2 heterocycles. The van der Waals surface area contributed by atoms with Crippen molar-refractivity contribution in [3.05, 3.63) is 101 Å². The molecule has 0 saturated heterocycles. The minimum Gasteiger partial charge on any atom is -0.456 e. The molecule has 33 heavy (non-hydrogen) atoms. The molecule has 2 aromatic heterocycles. The fourth-order valence-electron chi connectivity index (χ4n) is 3.49. The van der Waals surface area contributed by atoms with E-state index >= 15 is 0 Å². The fourth-order valence-corrected chi connectivity index (χ4v) is 3.84. The molecule has 5 aromatic rings. The first-order valence-electron chi connectivity index (χ1n) is 9.96. The molecule has 7 heteroatoms. The number of halogens is 1. The highest BCUT2D eigenvalue weighted by Crippen LogP contribution is 2.29. The third-order valence-electron chi connectivity index (χ3n) is 5.10. The van der Waals surface area contributed by atoms with Crippen LogP contribution in [0.5, 0.6) is 11.5 Å². The first-order valence-corrected chi connectivity index (χ1v) is 10.8. The standard InChI is InChI=1S/C26H14BrN5O/c27-22-6-5-19-16-32(31-25(19)11-22)26-8-7-23(9-20(26)13-29)33-24-10-21(14-30-15-24)18-3-1-17(12-28)2-4-18/h1-11,14-16H. The van der Waals surface area contributed by atoms with Crippen LogP contribution in [-0.4, -0.2) is 14.8 Å². The lowest BCUT2D eigenvalue weighted by Gasteiger charge is -2.10. The van der Waals surface area contributed by atoms with Crippen LogP contribution in [-0.2, 0) is 0 Å². The summed E-state index contributed by atoms with van der Waals surface area (Å²) < 4.78 is 8.64. The highest BCUT2D eigenvalue weighted by atomic mass is 79.9. The molecule has 0 aliphatic rings. The summed E-state index contributed by atoms with van der Waals surface area (Å²) in [6, 6.07) is 24.6. The van der Waals surface area contributed by atoms with Crippen molar-refractivity contribution < 1.29 is 4.74 Å². The van der Waals surface area contributed by atoms with Crippen LogP contribution in [0.3, 0.4) is 0 Å². The quantitative estimate of drug-likeness (QED) is 0.290. The molecule has 0 aliphatic carbocycles. The van der Waals surface area contributed by atoms with Gasteiger partial charge in [-0.05, 0) is 48.0 Å². The van der Waals surface area contributed by atoms with Gasteiger partial charge >= 0.3 is 0 Å². The van der Waals surface area contributed by atoms with Gasteiger partial charge in [0.25, 0.3) is 0 Å². The summed E-state index contributed by atoms with van der Waals surface area (Å²) in [5.41, 5.74) is 4.33. The van der Waals surface area contributed by atoms with Crippen LogP contribution in [0.4, 0.5) is 0 Å². The lowest BCUT2D eigenvalue weighted by Crippen LogP contribution is -1.98. The number of rotatable bonds is 4. The molecule has 0 amide bonds. The van der Waals surface area contributed by atoms with E-state index in [-0.39, 0.29) is 0 Å². The van der Waals surface area contributed by atoms with Crippen LogP contribution in [0.15, 0.2) is 89.8 Å². The maximum atomic E-state index is 9.74. The minimum absolute atomic E-state index is 0.440. The largest absolute Gasteiger partial charge is 0.456 e. The molecule has 0 unspecified atom stereocenters. The van der Waals surface area contributed by atoms with E-state index < -0.39 is 0 Å². The smallest absolute Gasteiger partial charge is 0.146 e. The van der Waals surface area contributed by atoms with E-state index in [0.717, 1.165) is 26.5 Å². The zero-order valence-corrected chi connectivity index (χ0v) is 18.7. The summed E-state index contributed by atoms with van der Waals surface area (Å²) in [5, 5.41) is 24.3. The van der Waals surface area contributed by atoms with Gasteiger partial charge in [0, 0.05) is 33.9 Å². The molecule has 0 spiro atoms. The Balaban J connectivity index is 1.44. The SMILES string of the molecule is N#Cc1ccc(-c2cncc(Oc3ccc(-n4cc5ccc(Br)cc5n4)c(C#N)c3)c2)cc1. The molecular formula is C26H14BrN5O. The van der Waals surface area contributed by atoms with Gasteiger partial charge in [-0.15, -0.1) is 0 Å². The van der Waals surface area contributed by atoms with E-state index in [9.17, 15) is 5.26 Å². The predicted molar refractivity (Wildman–Crippen MR) is 128 cm³/mol. The molecule has 3 aromatic carbocycles. The van der Waals surface area contributed by atoms with Crippen molar-refractivity contribution in [2.75, 3.05) is 0 Å². The van der Waals surface area contributed by atoms with Crippen molar-refractivity contribution in [3.63, 3.8) is 0 Å². The van der Waals surface area contributed by atoms with Crippen molar-refractivity contribution in [2.24, 2.45) is 0 Å². The Morgan fingerprint density at radius 2 is 1.67 bits per heavy atom. The Kier molecular flexibility index (Phi) is 5.32. The van der Waals surface area contributed by atoms with Gasteiger partial charge < -0.3 is 4.74 Å². The molecule has 0 saturated carbocycles. The first kappa shape index (κ1) is 20.4. The lowest BCUT2D eigenvalue weighted by atomic mass is 10.1. The molecule has 156 valence electrons. The fraction of sp³-hybridized carbons (Fsp3) is 0. The summed E-state index contributed by atoms with van der Waals surface area (Å²) in [4.78, 5) is 4.27. The van der Waals surface area contributed by atoms with Gasteiger partial charge in [-0.2, -0.15) is 15.6 Å². The van der Waals surface area contributed by atoms with Crippen LogP contribution in [0, 0.1) is 22.7 Å². The monoisotopic (exact) mass is 491 g/mol. The summed E-state index contributed by atoms with van der Waals surface area (Å²) in [7, 11) is 0. The Morgan fingerprint density at radius 3 is 2.45 bits per heavy atom. The zero-order valence-electron chi connectivity index (χ0n) is 17.1. The van der Waals surface area contributed by atoms with Gasteiger partial charge in [0.15, 0.2) is 0 Å². The van der Waals surface area contributed by atoms with Gasteiger partial charge in [0.05, 0.1) is 34.6 Å². The van der Waals surface area contributed by atoms with E-state index in [2.05, 4.69) is 38.2 Å². The molecule has 0 N–H and O–H groups in total. The summed E-state index contributed by atoms with van der Waals surface area (Å²) in [6.45, 7) is 0. The predicted octanol–water partition coefficient (Wildman–Crippen LogP) is 6.39. The Hall–Kier alpha value is -4.46. The maximum Gasteiger partial charge on any atom is 0.146 e. The van der Waals surface area contributed by atoms with Crippen molar-refractivity contribution in [1.82, 2.24) is 14.8 Å². The topological polar surface area (TPSA) is 87.5 Å². The van der Waals surface area contributed by atoms with Crippen molar-refractivity contribution in [2.45, 2.75) is 0 Å². The second kappa shape index (κ2) is 8.58. The number of ether oxygens (including phenoxy) is 1. The average Bonchev–Trinajstić information content (AvgIpc) is 3.27. The van der Waals surface area contributed by atoms with Crippen LogP contribution >= 0.6 is 15.9 Å². The number of pyridine rings is 1. The van der Waals surface area contributed by atoms with Crippen LogP contribution in [0.1, 0.15) is 11.1 Å². The molecule has 0 aliphatic heterocycles. The lowest BCUT2D eigenvalue weighted by molar-refractivity contribution is 0.480. The number of nitriles is 2. The van der Waals surface area contributed by atoms with Gasteiger partial charge in [0.2, 0.25) is 0 Å². The second-order valence-corrected chi connectivity index (χ2v) is 8.18. The number of fused-ring (bicyclic) bond motifs is 1. The van der Waals surface area contributed by atoms with Crippen LogP contribution in [0.25, 0.3) is 27.7 Å². The summed E-state index contributed by atoms with van der Waals surface area (Å²) >= 11 is 3.46. The molecule has 0 bridgehead atoms. The Morgan fingerprint density at radius 1 is 0.818 bits per heavy atom. The van der Waals surface area contributed by atoms with Gasteiger partial charge in [-0.25, -0.2) is 4.68 Å². The number of aromatic nitrogens is 3. The molecular weight excluding hydrogens is 478 g/mol. The van der Waals surface area contributed by atoms with Gasteiger partial charge in [0.1, 0.15) is 17.6 Å². The average molecular weight is 492 g/mol. The van der Waals surface area contributed by atoms with E-state index in [1.165, 1.54) is 0 Å². The second-order valence-electron chi connectivity index (χ2n) is 7.27. The number of hydrogen-bond donors (Lipinski definition) is 0. The van der Waals surface area contributed by atoms with Crippen molar-refractivity contribution in [3.8, 4) is 40.5 Å². The Labute approximate surface area is 198 Å². The van der Waals surface area contributed by atoms with Crippen molar-refractivity contribution >= 4 is 26.8 Å². The molecule has 0 fully saturated rings. The first-order chi connectivity index (χ1) is 16.1.